The molecule has 1 heterocycles. The second kappa shape index (κ2) is 6.29. The van der Waals surface area contributed by atoms with Gasteiger partial charge in [-0.2, -0.15) is 4.57 Å². The SMILES string of the molecule is O=C(C[n+]1cccc(C(=O)O)c1)Nc1ccccc1Br. The summed E-state index contributed by atoms with van der Waals surface area (Å²) < 4.78 is 2.31. The molecule has 0 saturated heterocycles. The van der Waals surface area contributed by atoms with E-state index in [0.717, 1.165) is 4.47 Å². The number of aromatic carboxylic acids is 1. The van der Waals surface area contributed by atoms with Crippen LogP contribution in [0.25, 0.3) is 0 Å². The Bertz CT molecular complexity index is 658. The van der Waals surface area contributed by atoms with Gasteiger partial charge in [0.15, 0.2) is 12.4 Å². The average molecular weight is 336 g/mol. The lowest BCUT2D eigenvalue weighted by Gasteiger charge is -2.05. The topological polar surface area (TPSA) is 70.3 Å². The predicted octanol–water partition coefficient (Wildman–Crippen LogP) is 2.07. The van der Waals surface area contributed by atoms with E-state index in [2.05, 4.69) is 21.2 Å². The van der Waals surface area contributed by atoms with Gasteiger partial charge in [0.1, 0.15) is 5.56 Å². The van der Waals surface area contributed by atoms with Gasteiger partial charge in [-0.25, -0.2) is 4.79 Å². The van der Waals surface area contributed by atoms with Crippen molar-refractivity contribution in [2.75, 3.05) is 5.32 Å². The van der Waals surface area contributed by atoms with Crippen molar-refractivity contribution in [1.82, 2.24) is 0 Å². The van der Waals surface area contributed by atoms with Crippen LogP contribution in [0.15, 0.2) is 53.3 Å². The number of para-hydroxylation sites is 1. The van der Waals surface area contributed by atoms with Crippen molar-refractivity contribution >= 4 is 33.5 Å². The lowest BCUT2D eigenvalue weighted by Crippen LogP contribution is -2.40. The second-order valence-corrected chi connectivity index (χ2v) is 4.95. The summed E-state index contributed by atoms with van der Waals surface area (Å²) in [6.45, 7) is 0.0441. The monoisotopic (exact) mass is 335 g/mol. The van der Waals surface area contributed by atoms with Crippen molar-refractivity contribution < 1.29 is 19.3 Å². The van der Waals surface area contributed by atoms with Gasteiger partial charge in [-0.05, 0) is 34.1 Å². The number of amides is 1. The molecule has 0 fully saturated rings. The van der Waals surface area contributed by atoms with E-state index in [9.17, 15) is 9.59 Å². The van der Waals surface area contributed by atoms with Crippen molar-refractivity contribution in [3.05, 3.63) is 58.8 Å². The Morgan fingerprint density at radius 3 is 2.65 bits per heavy atom. The molecule has 2 N–H and O–H groups in total. The molecule has 6 heteroatoms. The molecule has 0 aliphatic carbocycles. The number of nitrogens with one attached hydrogen (secondary N) is 1. The van der Waals surface area contributed by atoms with Gasteiger partial charge in [-0.15, -0.1) is 0 Å². The molecule has 1 aromatic carbocycles. The third-order valence-corrected chi connectivity index (χ3v) is 3.27. The van der Waals surface area contributed by atoms with Crippen LogP contribution in [0.4, 0.5) is 5.69 Å². The Kier molecular flexibility index (Phi) is 4.47. The average Bonchev–Trinajstić information content (AvgIpc) is 2.41. The molecule has 5 nitrogen and oxygen atoms in total. The van der Waals surface area contributed by atoms with Gasteiger partial charge in [0.2, 0.25) is 6.54 Å². The number of rotatable bonds is 4. The first-order valence-electron chi connectivity index (χ1n) is 5.83. The van der Waals surface area contributed by atoms with Gasteiger partial charge in [0.25, 0.3) is 5.91 Å². The molecule has 2 aromatic rings. The summed E-state index contributed by atoms with van der Waals surface area (Å²) >= 11 is 3.34. The molecule has 102 valence electrons. The normalized spacial score (nSPS) is 10.1. The zero-order valence-corrected chi connectivity index (χ0v) is 12.0. The maximum atomic E-state index is 11.9. The molecule has 0 unspecified atom stereocenters. The van der Waals surface area contributed by atoms with Crippen molar-refractivity contribution in [3.8, 4) is 0 Å². The van der Waals surface area contributed by atoms with Crippen molar-refractivity contribution in [3.63, 3.8) is 0 Å². The smallest absolute Gasteiger partial charge is 0.341 e. The van der Waals surface area contributed by atoms with E-state index < -0.39 is 5.97 Å². The molecule has 1 amide bonds. The molecule has 0 atom stereocenters. The molecule has 2 rings (SSSR count). The highest BCUT2D eigenvalue weighted by atomic mass is 79.9. The minimum Gasteiger partial charge on any atom is -0.477 e. The van der Waals surface area contributed by atoms with Crippen LogP contribution in [0.3, 0.4) is 0 Å². The maximum Gasteiger partial charge on any atom is 0.341 e. The number of halogens is 1. The molecule has 20 heavy (non-hydrogen) atoms. The van der Waals surface area contributed by atoms with E-state index in [0.29, 0.717) is 5.69 Å². The maximum absolute atomic E-state index is 11.9. The second-order valence-electron chi connectivity index (χ2n) is 4.10. The summed E-state index contributed by atoms with van der Waals surface area (Å²) in [7, 11) is 0. The van der Waals surface area contributed by atoms with Crippen LogP contribution >= 0.6 is 15.9 Å². The van der Waals surface area contributed by atoms with E-state index in [4.69, 9.17) is 5.11 Å². The first kappa shape index (κ1) is 14.2. The van der Waals surface area contributed by atoms with E-state index >= 15 is 0 Å². The highest BCUT2D eigenvalue weighted by molar-refractivity contribution is 9.10. The van der Waals surface area contributed by atoms with Crippen LogP contribution in [0.1, 0.15) is 10.4 Å². The minimum atomic E-state index is -1.02. The molecule has 0 aliphatic rings. The zero-order chi connectivity index (χ0) is 14.5. The summed E-state index contributed by atoms with van der Waals surface area (Å²) in [5, 5.41) is 11.6. The van der Waals surface area contributed by atoms with Gasteiger partial charge in [0, 0.05) is 10.5 Å². The fourth-order valence-electron chi connectivity index (χ4n) is 1.66. The van der Waals surface area contributed by atoms with Gasteiger partial charge in [0.05, 0.1) is 5.69 Å². The number of carbonyl (C=O) groups excluding carboxylic acids is 1. The molecule has 0 spiro atoms. The van der Waals surface area contributed by atoms with Crippen LogP contribution in [-0.2, 0) is 11.3 Å². The number of anilines is 1. The summed E-state index contributed by atoms with van der Waals surface area (Å²) in [6, 6.07) is 10.3. The predicted molar refractivity (Wildman–Crippen MR) is 76.4 cm³/mol. The Labute approximate surface area is 124 Å². The van der Waals surface area contributed by atoms with Crippen molar-refractivity contribution in [1.29, 1.82) is 0 Å². The van der Waals surface area contributed by atoms with Gasteiger partial charge < -0.3 is 10.4 Å². The van der Waals surface area contributed by atoms with Crippen molar-refractivity contribution in [2.45, 2.75) is 6.54 Å². The molecule has 0 bridgehead atoms. The van der Waals surface area contributed by atoms with E-state index in [-0.39, 0.29) is 18.0 Å². The van der Waals surface area contributed by atoms with Crippen molar-refractivity contribution in [2.24, 2.45) is 0 Å². The molecule has 0 saturated carbocycles. The number of nitrogens with zero attached hydrogens (tertiary/aromatic N) is 1. The van der Waals surface area contributed by atoms with E-state index in [1.165, 1.54) is 16.8 Å². The quantitative estimate of drug-likeness (QED) is 0.840. The summed E-state index contributed by atoms with van der Waals surface area (Å²) in [4.78, 5) is 22.8. The zero-order valence-electron chi connectivity index (χ0n) is 10.4. The number of hydrogen-bond donors (Lipinski definition) is 2. The van der Waals surface area contributed by atoms with Crippen LogP contribution in [0, 0.1) is 0 Å². The summed E-state index contributed by atoms with van der Waals surface area (Å²) in [5.41, 5.74) is 0.814. The van der Waals surface area contributed by atoms with Crippen LogP contribution in [0.5, 0.6) is 0 Å². The highest BCUT2D eigenvalue weighted by Gasteiger charge is 2.13. The van der Waals surface area contributed by atoms with Crippen LogP contribution in [0.2, 0.25) is 0 Å². The third-order valence-electron chi connectivity index (χ3n) is 2.58. The Morgan fingerprint density at radius 1 is 1.20 bits per heavy atom. The number of hydrogen-bond acceptors (Lipinski definition) is 2. The Morgan fingerprint density at radius 2 is 1.95 bits per heavy atom. The van der Waals surface area contributed by atoms with Crippen LogP contribution in [-0.4, -0.2) is 17.0 Å². The first-order valence-corrected chi connectivity index (χ1v) is 6.62. The molecular weight excluding hydrogens is 324 g/mol. The van der Waals surface area contributed by atoms with Crippen LogP contribution < -0.4 is 9.88 Å². The number of pyridine rings is 1. The fourth-order valence-corrected chi connectivity index (χ4v) is 2.05. The molecular formula is C14H12BrN2O3+. The van der Waals surface area contributed by atoms with Gasteiger partial charge in [-0.1, -0.05) is 12.1 Å². The molecule has 1 aromatic heterocycles. The third kappa shape index (κ3) is 3.64. The highest BCUT2D eigenvalue weighted by Crippen LogP contribution is 2.20. The number of benzene rings is 1. The number of aromatic nitrogens is 1. The standard InChI is InChI=1S/C14H11BrN2O3/c15-11-5-1-2-6-12(11)16-13(18)9-17-7-3-4-10(8-17)14(19)20/h1-8H,9H2,(H-,16,18,19,20)/p+1. The lowest BCUT2D eigenvalue weighted by atomic mass is 10.3. The number of carboxylic acid groups (broad SMARTS) is 1. The van der Waals surface area contributed by atoms with E-state index in [1.54, 1.807) is 18.3 Å². The minimum absolute atomic E-state index is 0.0441. The lowest BCUT2D eigenvalue weighted by molar-refractivity contribution is -0.684. The fraction of sp³-hybridized carbons (Fsp3) is 0.0714. The Hall–Kier alpha value is -2.21. The summed E-state index contributed by atoms with van der Waals surface area (Å²) in [6.07, 6.45) is 3.06. The Balaban J connectivity index is 2.07. The largest absolute Gasteiger partial charge is 0.477 e. The van der Waals surface area contributed by atoms with Gasteiger partial charge in [-0.3, -0.25) is 4.79 Å². The summed E-state index contributed by atoms with van der Waals surface area (Å²) in [5.74, 6) is -1.25. The number of carboxylic acids is 1. The first-order chi connectivity index (χ1) is 9.56. The molecule has 0 radical (unpaired) electrons. The van der Waals surface area contributed by atoms with Gasteiger partial charge >= 0.3 is 5.97 Å². The molecule has 0 aliphatic heterocycles. The van der Waals surface area contributed by atoms with E-state index in [1.807, 2.05) is 18.2 Å². The number of carbonyl (C=O) groups is 2.